The van der Waals surface area contributed by atoms with E-state index in [-0.39, 0.29) is 0 Å². The molecular formula is C68H44N2O. The molecule has 0 atom stereocenters. The molecule has 0 unspecified atom stereocenters. The van der Waals surface area contributed by atoms with Gasteiger partial charge in [-0.05, 0) is 110 Å². The minimum absolute atomic E-state index is 0.896. The lowest BCUT2D eigenvalue weighted by atomic mass is 9.93. The molecule has 0 bridgehead atoms. The maximum atomic E-state index is 6.52. The number of anilines is 3. The third-order valence-corrected chi connectivity index (χ3v) is 14.4. The van der Waals surface area contributed by atoms with Crippen LogP contribution in [0.2, 0.25) is 0 Å². The van der Waals surface area contributed by atoms with Crippen LogP contribution in [0.5, 0.6) is 0 Å². The summed E-state index contributed by atoms with van der Waals surface area (Å²) in [4.78, 5) is 2.42. The summed E-state index contributed by atoms with van der Waals surface area (Å²) in [5.41, 5.74) is 17.6. The first-order valence-corrected chi connectivity index (χ1v) is 24.3. The largest absolute Gasteiger partial charge is 0.455 e. The van der Waals surface area contributed by atoms with Crippen LogP contribution >= 0.6 is 0 Å². The molecule has 0 aliphatic rings. The second-order valence-electron chi connectivity index (χ2n) is 18.4. The third kappa shape index (κ3) is 6.74. The summed E-state index contributed by atoms with van der Waals surface area (Å²) in [6.07, 6.45) is 0. The average Bonchev–Trinajstić information content (AvgIpc) is 4.00. The van der Waals surface area contributed by atoms with E-state index < -0.39 is 0 Å². The van der Waals surface area contributed by atoms with Crippen LogP contribution < -0.4 is 4.90 Å². The van der Waals surface area contributed by atoms with E-state index in [2.05, 4.69) is 264 Å². The molecule has 0 fully saturated rings. The highest BCUT2D eigenvalue weighted by molar-refractivity contribution is 6.12. The molecule has 0 aliphatic heterocycles. The lowest BCUT2D eigenvalue weighted by molar-refractivity contribution is 0.670. The molecule has 0 amide bonds. The van der Waals surface area contributed by atoms with Crippen LogP contribution in [0.15, 0.2) is 271 Å². The van der Waals surface area contributed by atoms with Crippen molar-refractivity contribution in [2.45, 2.75) is 0 Å². The number of nitrogens with zero attached hydrogens (tertiary/aromatic N) is 2. The molecule has 0 spiro atoms. The number of rotatable bonds is 8. The molecule has 0 saturated carbocycles. The predicted octanol–water partition coefficient (Wildman–Crippen LogP) is 19.1. The van der Waals surface area contributed by atoms with Crippen molar-refractivity contribution < 1.29 is 4.42 Å². The Kier molecular flexibility index (Phi) is 9.53. The van der Waals surface area contributed by atoms with E-state index >= 15 is 0 Å². The Morgan fingerprint density at radius 2 is 0.859 bits per heavy atom. The monoisotopic (exact) mass is 904 g/mol. The highest BCUT2D eigenvalue weighted by Crippen LogP contribution is 2.46. The standard InChI is InChI=1S/C68H44N2O/c1-2-20-52-45(17-1)35-36-48-43-49(39-42-54(48)52)55-22-5-10-30-63(55)69(50-40-37-46(38-41-50)56-28-16-29-62-61-27-9-14-34-67(61)71-68(56)62)51-19-15-18-47(44-51)53-21-3-4-23-57(53)58-24-6-11-31-64(58)70-65-32-12-7-25-59(65)60-26-8-13-33-66(60)70/h1-44H. The summed E-state index contributed by atoms with van der Waals surface area (Å²) in [5, 5.41) is 9.72. The van der Waals surface area contributed by atoms with Gasteiger partial charge >= 0.3 is 0 Å². The number of aromatic nitrogens is 1. The average molecular weight is 905 g/mol. The summed E-state index contributed by atoms with van der Waals surface area (Å²) in [6, 6.07) is 96.8. The van der Waals surface area contributed by atoms with E-state index in [0.717, 1.165) is 78.1 Å². The SMILES string of the molecule is c1cc(-c2ccccc2-c2ccccc2-n2c3ccccc3c3ccccc32)cc(N(c2ccc(-c3cccc4c3oc3ccccc34)cc2)c2ccccc2-c2ccc3c(ccc4ccccc43)c2)c1. The van der Waals surface area contributed by atoms with E-state index in [1.165, 1.54) is 54.5 Å². The molecule has 3 nitrogen and oxygen atoms in total. The summed E-state index contributed by atoms with van der Waals surface area (Å²) in [6.45, 7) is 0. The van der Waals surface area contributed by atoms with Crippen LogP contribution in [0.1, 0.15) is 0 Å². The number of benzene rings is 12. The van der Waals surface area contributed by atoms with Crippen LogP contribution in [-0.4, -0.2) is 4.57 Å². The lowest BCUT2D eigenvalue weighted by Gasteiger charge is -2.29. The Balaban J connectivity index is 0.931. The molecule has 71 heavy (non-hydrogen) atoms. The van der Waals surface area contributed by atoms with Crippen LogP contribution in [0.3, 0.4) is 0 Å². The van der Waals surface area contributed by atoms with Crippen molar-refractivity contribution in [2.24, 2.45) is 0 Å². The number of hydrogen-bond acceptors (Lipinski definition) is 2. The first kappa shape index (κ1) is 40.6. The molecule has 12 aromatic carbocycles. The summed E-state index contributed by atoms with van der Waals surface area (Å²) in [5.74, 6) is 0. The van der Waals surface area contributed by atoms with E-state index in [1.807, 2.05) is 12.1 Å². The van der Waals surface area contributed by atoms with E-state index in [4.69, 9.17) is 4.42 Å². The van der Waals surface area contributed by atoms with Gasteiger partial charge in [-0.3, -0.25) is 0 Å². The second kappa shape index (κ2) is 16.7. The topological polar surface area (TPSA) is 21.3 Å². The molecule has 0 aliphatic carbocycles. The van der Waals surface area contributed by atoms with Crippen molar-refractivity contribution in [1.82, 2.24) is 4.57 Å². The fourth-order valence-electron chi connectivity index (χ4n) is 11.1. The smallest absolute Gasteiger partial charge is 0.143 e. The first-order valence-electron chi connectivity index (χ1n) is 24.3. The minimum atomic E-state index is 0.896. The maximum absolute atomic E-state index is 6.52. The minimum Gasteiger partial charge on any atom is -0.455 e. The van der Waals surface area contributed by atoms with Gasteiger partial charge in [-0.2, -0.15) is 0 Å². The molecule has 0 N–H and O–H groups in total. The van der Waals surface area contributed by atoms with Crippen molar-refractivity contribution in [1.29, 1.82) is 0 Å². The summed E-state index contributed by atoms with van der Waals surface area (Å²) < 4.78 is 8.95. The Hall–Kier alpha value is -9.44. The van der Waals surface area contributed by atoms with Crippen molar-refractivity contribution in [2.75, 3.05) is 4.90 Å². The molecule has 2 heterocycles. The normalized spacial score (nSPS) is 11.7. The van der Waals surface area contributed by atoms with Crippen LogP contribution in [-0.2, 0) is 0 Å². The zero-order valence-corrected chi connectivity index (χ0v) is 38.7. The Labute approximate surface area is 411 Å². The third-order valence-electron chi connectivity index (χ3n) is 14.4. The van der Waals surface area contributed by atoms with Crippen molar-refractivity contribution in [3.05, 3.63) is 267 Å². The van der Waals surface area contributed by atoms with Crippen LogP contribution in [0.25, 0.3) is 115 Å². The summed E-state index contributed by atoms with van der Waals surface area (Å²) in [7, 11) is 0. The maximum Gasteiger partial charge on any atom is 0.143 e. The van der Waals surface area contributed by atoms with Crippen LogP contribution in [0.4, 0.5) is 17.1 Å². The van der Waals surface area contributed by atoms with E-state index in [9.17, 15) is 0 Å². The van der Waals surface area contributed by atoms with E-state index in [0.29, 0.717) is 0 Å². The van der Waals surface area contributed by atoms with Gasteiger partial charge in [0.1, 0.15) is 11.2 Å². The number of fused-ring (bicyclic) bond motifs is 9. The van der Waals surface area contributed by atoms with Gasteiger partial charge in [-0.1, -0.05) is 206 Å². The van der Waals surface area contributed by atoms with Crippen molar-refractivity contribution in [3.8, 4) is 50.2 Å². The molecule has 332 valence electrons. The zero-order chi connectivity index (χ0) is 46.8. The van der Waals surface area contributed by atoms with Gasteiger partial charge in [0, 0.05) is 49.6 Å². The van der Waals surface area contributed by atoms with Gasteiger partial charge in [-0.15, -0.1) is 0 Å². The highest BCUT2D eigenvalue weighted by atomic mass is 16.3. The Morgan fingerprint density at radius 3 is 1.68 bits per heavy atom. The van der Waals surface area contributed by atoms with Gasteiger partial charge in [-0.25, -0.2) is 0 Å². The van der Waals surface area contributed by atoms with Gasteiger partial charge in [0.05, 0.1) is 22.4 Å². The lowest BCUT2D eigenvalue weighted by Crippen LogP contribution is -2.11. The summed E-state index contributed by atoms with van der Waals surface area (Å²) >= 11 is 0. The fourth-order valence-corrected chi connectivity index (χ4v) is 11.1. The first-order chi connectivity index (χ1) is 35.2. The Bertz CT molecular complexity index is 4310. The number of hydrogen-bond donors (Lipinski definition) is 0. The molecule has 14 aromatic rings. The molecular weight excluding hydrogens is 861 g/mol. The van der Waals surface area contributed by atoms with Crippen LogP contribution in [0, 0.1) is 0 Å². The van der Waals surface area contributed by atoms with E-state index in [1.54, 1.807) is 0 Å². The molecule has 0 radical (unpaired) electrons. The van der Waals surface area contributed by atoms with Gasteiger partial charge in [0.15, 0.2) is 0 Å². The van der Waals surface area contributed by atoms with Gasteiger partial charge in [0.25, 0.3) is 0 Å². The molecule has 2 aromatic heterocycles. The highest BCUT2D eigenvalue weighted by Gasteiger charge is 2.22. The Morgan fingerprint density at radius 1 is 0.296 bits per heavy atom. The van der Waals surface area contributed by atoms with Gasteiger partial charge < -0.3 is 13.9 Å². The fraction of sp³-hybridized carbons (Fsp3) is 0. The zero-order valence-electron chi connectivity index (χ0n) is 38.7. The quantitative estimate of drug-likeness (QED) is 0.142. The molecule has 14 rings (SSSR count). The van der Waals surface area contributed by atoms with Crippen molar-refractivity contribution >= 4 is 82.4 Å². The second-order valence-corrected chi connectivity index (χ2v) is 18.4. The van der Waals surface area contributed by atoms with Crippen molar-refractivity contribution in [3.63, 3.8) is 0 Å². The number of para-hydroxylation sites is 6. The predicted molar refractivity (Wildman–Crippen MR) is 299 cm³/mol. The number of furan rings is 1. The van der Waals surface area contributed by atoms with Gasteiger partial charge in [0.2, 0.25) is 0 Å². The molecule has 0 saturated heterocycles. The molecule has 3 heteroatoms.